The van der Waals surface area contributed by atoms with Crippen LogP contribution in [0.4, 0.5) is 0 Å². The number of rotatable bonds is 2. The second-order valence-electron chi connectivity index (χ2n) is 3.25. The molecule has 17 heavy (non-hydrogen) atoms. The van der Waals surface area contributed by atoms with Crippen molar-refractivity contribution in [2.45, 2.75) is 0 Å². The molecular weight excluding hydrogens is 228 g/mol. The van der Waals surface area contributed by atoms with Crippen LogP contribution in [0.3, 0.4) is 0 Å². The Balaban J connectivity index is 3.06. The van der Waals surface area contributed by atoms with Gasteiger partial charge in [0.05, 0.1) is 20.5 Å². The van der Waals surface area contributed by atoms with E-state index in [9.17, 15) is 15.0 Å². The van der Waals surface area contributed by atoms with E-state index in [1.54, 1.807) is 0 Å². The lowest BCUT2D eigenvalue weighted by atomic mass is 10.1. The van der Waals surface area contributed by atoms with E-state index >= 15 is 0 Å². The molecule has 0 aliphatic rings. The second kappa shape index (κ2) is 3.89. The molecule has 0 saturated carbocycles. The van der Waals surface area contributed by atoms with Crippen LogP contribution in [0.1, 0.15) is 0 Å². The fraction of sp³-hybridized carbons (Fsp3) is 0.182. The molecule has 2 aromatic rings. The number of aromatic hydroxyl groups is 2. The summed E-state index contributed by atoms with van der Waals surface area (Å²) in [6, 6.07) is 1.15. The normalized spacial score (nSPS) is 10.5. The van der Waals surface area contributed by atoms with Crippen LogP contribution in [-0.4, -0.2) is 24.4 Å². The monoisotopic (exact) mass is 238 g/mol. The van der Waals surface area contributed by atoms with Crippen molar-refractivity contribution in [3.63, 3.8) is 0 Å². The SMILES string of the molecule is COc1c(O)c(OC)c2occc(=O)c2c1O. The standard InChI is InChI=1S/C11H10O6/c1-15-10-7(13)6-5(12)3-4-17-9(6)11(16-2)8(10)14/h3-4,13-14H,1-2H3. The Bertz CT molecular complexity index is 628. The molecule has 1 aromatic heterocycles. The van der Waals surface area contributed by atoms with Crippen LogP contribution in [0.2, 0.25) is 0 Å². The van der Waals surface area contributed by atoms with Crippen LogP contribution in [0.5, 0.6) is 23.0 Å². The van der Waals surface area contributed by atoms with E-state index in [4.69, 9.17) is 13.9 Å². The van der Waals surface area contributed by atoms with Crippen molar-refractivity contribution in [2.75, 3.05) is 14.2 Å². The van der Waals surface area contributed by atoms with Gasteiger partial charge >= 0.3 is 0 Å². The van der Waals surface area contributed by atoms with Crippen molar-refractivity contribution in [1.29, 1.82) is 0 Å². The maximum absolute atomic E-state index is 11.6. The van der Waals surface area contributed by atoms with Crippen LogP contribution < -0.4 is 14.9 Å². The van der Waals surface area contributed by atoms with Crippen molar-refractivity contribution in [3.8, 4) is 23.0 Å². The molecule has 0 aliphatic heterocycles. The van der Waals surface area contributed by atoms with Crippen molar-refractivity contribution in [3.05, 3.63) is 22.6 Å². The Kier molecular flexibility index (Phi) is 2.55. The molecule has 2 N–H and O–H groups in total. The molecule has 0 atom stereocenters. The summed E-state index contributed by atoms with van der Waals surface area (Å²) in [5, 5.41) is 19.5. The van der Waals surface area contributed by atoms with E-state index < -0.39 is 16.9 Å². The van der Waals surface area contributed by atoms with Gasteiger partial charge < -0.3 is 24.1 Å². The van der Waals surface area contributed by atoms with E-state index in [2.05, 4.69) is 0 Å². The van der Waals surface area contributed by atoms with E-state index in [-0.39, 0.29) is 22.5 Å². The number of phenols is 2. The first kappa shape index (κ1) is 11.1. The van der Waals surface area contributed by atoms with Crippen molar-refractivity contribution in [2.24, 2.45) is 0 Å². The highest BCUT2D eigenvalue weighted by atomic mass is 16.5. The molecule has 1 aromatic carbocycles. The fourth-order valence-electron chi connectivity index (χ4n) is 1.63. The number of hydrogen-bond acceptors (Lipinski definition) is 6. The lowest BCUT2D eigenvalue weighted by molar-refractivity contribution is 0.323. The smallest absolute Gasteiger partial charge is 0.208 e. The molecular formula is C11H10O6. The van der Waals surface area contributed by atoms with Crippen molar-refractivity contribution >= 4 is 11.0 Å². The van der Waals surface area contributed by atoms with Gasteiger partial charge in [-0.1, -0.05) is 0 Å². The molecule has 2 rings (SSSR count). The molecule has 0 spiro atoms. The molecule has 0 unspecified atom stereocenters. The van der Waals surface area contributed by atoms with Gasteiger partial charge in [-0.25, -0.2) is 0 Å². The quantitative estimate of drug-likeness (QED) is 0.817. The molecule has 1 heterocycles. The van der Waals surface area contributed by atoms with Gasteiger partial charge in [0, 0.05) is 6.07 Å². The third kappa shape index (κ3) is 1.45. The highest BCUT2D eigenvalue weighted by molar-refractivity contribution is 5.94. The minimum Gasteiger partial charge on any atom is -0.504 e. The largest absolute Gasteiger partial charge is 0.504 e. The number of phenolic OH excluding ortho intramolecular Hbond substituents is 2. The van der Waals surface area contributed by atoms with E-state index in [0.29, 0.717) is 0 Å². The topological polar surface area (TPSA) is 89.1 Å². The minimum atomic E-state index is -0.477. The Labute approximate surface area is 95.6 Å². The van der Waals surface area contributed by atoms with Gasteiger partial charge in [-0.2, -0.15) is 0 Å². The number of ether oxygens (including phenoxy) is 2. The van der Waals surface area contributed by atoms with Crippen molar-refractivity contribution < 1.29 is 24.1 Å². The van der Waals surface area contributed by atoms with Crippen LogP contribution in [0, 0.1) is 0 Å². The number of hydrogen-bond donors (Lipinski definition) is 2. The van der Waals surface area contributed by atoms with Gasteiger partial charge in [0.25, 0.3) is 0 Å². The van der Waals surface area contributed by atoms with Gasteiger partial charge in [-0.15, -0.1) is 0 Å². The summed E-state index contributed by atoms with van der Waals surface area (Å²) in [6.07, 6.45) is 1.15. The zero-order valence-electron chi connectivity index (χ0n) is 9.18. The molecule has 0 fully saturated rings. The summed E-state index contributed by atoms with van der Waals surface area (Å²) in [6.45, 7) is 0. The first-order valence-electron chi connectivity index (χ1n) is 4.69. The zero-order valence-corrected chi connectivity index (χ0v) is 9.18. The molecule has 90 valence electrons. The third-order valence-corrected chi connectivity index (χ3v) is 2.38. The molecule has 0 saturated heterocycles. The predicted molar refractivity (Wildman–Crippen MR) is 58.9 cm³/mol. The first-order chi connectivity index (χ1) is 8.11. The highest BCUT2D eigenvalue weighted by Gasteiger charge is 2.23. The summed E-state index contributed by atoms with van der Waals surface area (Å²) >= 11 is 0. The van der Waals surface area contributed by atoms with Crippen LogP contribution in [0.15, 0.2) is 21.5 Å². The fourth-order valence-corrected chi connectivity index (χ4v) is 1.63. The average Bonchev–Trinajstić information content (AvgIpc) is 2.30. The van der Waals surface area contributed by atoms with E-state index in [1.165, 1.54) is 14.2 Å². The van der Waals surface area contributed by atoms with E-state index in [0.717, 1.165) is 12.3 Å². The summed E-state index contributed by atoms with van der Waals surface area (Å²) in [7, 11) is 2.56. The molecule has 0 aliphatic carbocycles. The van der Waals surface area contributed by atoms with Gasteiger partial charge in [-0.05, 0) is 0 Å². The number of benzene rings is 1. The lowest BCUT2D eigenvalue weighted by Crippen LogP contribution is -2.01. The van der Waals surface area contributed by atoms with Crippen molar-refractivity contribution in [1.82, 2.24) is 0 Å². The second-order valence-corrected chi connectivity index (χ2v) is 3.25. The van der Waals surface area contributed by atoms with Crippen LogP contribution in [-0.2, 0) is 0 Å². The summed E-state index contributed by atoms with van der Waals surface area (Å²) < 4.78 is 14.8. The summed E-state index contributed by atoms with van der Waals surface area (Å²) in [4.78, 5) is 11.6. The molecule has 0 radical (unpaired) electrons. The molecule has 0 amide bonds. The Hall–Kier alpha value is -2.37. The van der Waals surface area contributed by atoms with Gasteiger partial charge in [0.15, 0.2) is 16.8 Å². The molecule has 6 nitrogen and oxygen atoms in total. The summed E-state index contributed by atoms with van der Waals surface area (Å²) in [5.41, 5.74) is -0.490. The first-order valence-corrected chi connectivity index (χ1v) is 4.69. The maximum atomic E-state index is 11.6. The maximum Gasteiger partial charge on any atom is 0.208 e. The lowest BCUT2D eigenvalue weighted by Gasteiger charge is -2.12. The van der Waals surface area contributed by atoms with Gasteiger partial charge in [0.2, 0.25) is 17.2 Å². The predicted octanol–water partition coefficient (Wildman–Crippen LogP) is 1.22. The Morgan fingerprint density at radius 2 is 1.76 bits per heavy atom. The average molecular weight is 238 g/mol. The highest BCUT2D eigenvalue weighted by Crippen LogP contribution is 2.48. The third-order valence-electron chi connectivity index (χ3n) is 2.38. The van der Waals surface area contributed by atoms with Gasteiger partial charge in [0.1, 0.15) is 5.39 Å². The number of fused-ring (bicyclic) bond motifs is 1. The van der Waals surface area contributed by atoms with Gasteiger partial charge in [-0.3, -0.25) is 4.79 Å². The Morgan fingerprint density at radius 1 is 1.12 bits per heavy atom. The van der Waals surface area contributed by atoms with E-state index in [1.807, 2.05) is 0 Å². The number of methoxy groups -OCH3 is 2. The zero-order chi connectivity index (χ0) is 12.6. The molecule has 6 heteroatoms. The Morgan fingerprint density at radius 3 is 2.35 bits per heavy atom. The summed E-state index contributed by atoms with van der Waals surface area (Å²) in [5.74, 6) is -1.19. The minimum absolute atomic E-state index is 0.0317. The van der Waals surface area contributed by atoms with Crippen LogP contribution in [0.25, 0.3) is 11.0 Å². The molecule has 0 bridgehead atoms. The van der Waals surface area contributed by atoms with Crippen LogP contribution >= 0.6 is 0 Å².